The molecule has 0 unspecified atom stereocenters. The molecule has 18 rings (SSSR count). The summed E-state index contributed by atoms with van der Waals surface area (Å²) in [4.78, 5) is 9.60. The summed E-state index contributed by atoms with van der Waals surface area (Å²) in [5.74, 6) is 0. The third-order valence-corrected chi connectivity index (χ3v) is 22.3. The van der Waals surface area contributed by atoms with Gasteiger partial charge in [0.1, 0.15) is 0 Å². The lowest BCUT2D eigenvalue weighted by molar-refractivity contribution is 1.24. The highest BCUT2D eigenvalue weighted by Gasteiger charge is 2.26. The molecule has 0 saturated heterocycles. The van der Waals surface area contributed by atoms with Crippen molar-refractivity contribution >= 4 is 111 Å². The summed E-state index contributed by atoms with van der Waals surface area (Å²) in [7, 11) is 0. The molecule has 0 bridgehead atoms. The largest absolute Gasteiger partial charge is 0.310 e. The van der Waals surface area contributed by atoms with Crippen molar-refractivity contribution in [2.24, 2.45) is 0 Å². The molecule has 0 aliphatic rings. The summed E-state index contributed by atoms with van der Waals surface area (Å²) in [6.07, 6.45) is 0. The molecule has 0 radical (unpaired) electrons. The average Bonchev–Trinajstić information content (AvgIpc) is 0.710. The van der Waals surface area contributed by atoms with E-state index in [0.29, 0.717) is 0 Å². The number of hydrogen-bond acceptors (Lipinski definition) is 4. The Bertz CT molecular complexity index is 5580. The van der Waals surface area contributed by atoms with Crippen LogP contribution in [0, 0.1) is 55.4 Å². The molecule has 0 fully saturated rings. The van der Waals surface area contributed by atoms with Crippen LogP contribution < -0.4 is 19.6 Å². The minimum absolute atomic E-state index is 1.06. The van der Waals surface area contributed by atoms with Crippen LogP contribution in [0.1, 0.15) is 44.5 Å². The number of rotatable bonds is 17. The Morgan fingerprint density at radius 2 is 0.277 bits per heavy atom. The van der Waals surface area contributed by atoms with E-state index in [4.69, 9.17) is 0 Å². The Morgan fingerprint density at radius 1 is 0.125 bits per heavy atom. The summed E-state index contributed by atoms with van der Waals surface area (Å²) in [5, 5.41) is 9.64. The van der Waals surface area contributed by atoms with Gasteiger partial charge in [0.2, 0.25) is 0 Å². The fourth-order valence-electron chi connectivity index (χ4n) is 16.5. The van der Waals surface area contributed by atoms with Crippen molar-refractivity contribution in [3.63, 3.8) is 0 Å². The molecule has 0 atom stereocenters. The van der Waals surface area contributed by atoms with Crippen LogP contribution >= 0.6 is 0 Å². The lowest BCUT2D eigenvalue weighted by atomic mass is 9.81. The highest BCUT2D eigenvalue weighted by Crippen LogP contribution is 2.52. The zero-order valence-corrected chi connectivity index (χ0v) is 64.6. The van der Waals surface area contributed by atoms with Crippen molar-refractivity contribution in [3.05, 3.63) is 421 Å². The van der Waals surface area contributed by atoms with E-state index in [-0.39, 0.29) is 0 Å². The van der Waals surface area contributed by atoms with Crippen LogP contribution in [0.3, 0.4) is 0 Å². The van der Waals surface area contributed by atoms with Crippen molar-refractivity contribution in [2.45, 2.75) is 55.4 Å². The van der Waals surface area contributed by atoms with Crippen molar-refractivity contribution in [1.29, 1.82) is 0 Å². The van der Waals surface area contributed by atoms with Gasteiger partial charge in [0, 0.05) is 68.2 Å². The van der Waals surface area contributed by atoms with Gasteiger partial charge in [-0.3, -0.25) is 0 Å². The number of nitrogens with zero attached hydrogens (tertiary/aromatic N) is 4. The van der Waals surface area contributed by atoms with Gasteiger partial charge in [-0.2, -0.15) is 0 Å². The maximum Gasteiger partial charge on any atom is 0.0488 e. The number of anilines is 12. The summed E-state index contributed by atoms with van der Waals surface area (Å²) >= 11 is 0. The van der Waals surface area contributed by atoms with E-state index >= 15 is 0 Å². The Labute approximate surface area is 658 Å². The minimum Gasteiger partial charge on any atom is -0.310 e. The molecule has 0 saturated carbocycles. The van der Waals surface area contributed by atoms with Gasteiger partial charge in [0.25, 0.3) is 0 Å². The van der Waals surface area contributed by atoms with Crippen LogP contribution in [0.2, 0.25) is 0 Å². The van der Waals surface area contributed by atoms with Crippen molar-refractivity contribution in [2.75, 3.05) is 19.6 Å². The van der Waals surface area contributed by atoms with Crippen molar-refractivity contribution in [3.8, 4) is 55.6 Å². The SMILES string of the molecule is Cc1ccc(N(c2ccc(C)cc2)c2cc(-c3ccc(-c4c5ccccc5c(-c5c6ccccc6c(-c6ccc(-c7cc(N(c8ccc(C)cc8)c8ccc(C)cc8)cc(N(c8ccc(C)cc8)c8ccc(C)cc8)c7)cc6)c6ccccc56)c5ccccc45)cc3)cc(N(c3ccc(C)cc3)c3ccc(C)cc3)c2)cc1. The first kappa shape index (κ1) is 69.9. The Hall–Kier alpha value is -13.8. The number of benzene rings is 18. The summed E-state index contributed by atoms with van der Waals surface area (Å²) < 4.78 is 0. The highest BCUT2D eigenvalue weighted by molar-refractivity contribution is 6.30. The molecule has 0 heterocycles. The van der Waals surface area contributed by atoms with Crippen LogP contribution in [0.4, 0.5) is 68.2 Å². The molecular weight excluding hydrogens is 1350 g/mol. The smallest absolute Gasteiger partial charge is 0.0488 e. The molecule has 18 aromatic rings. The first-order valence-corrected chi connectivity index (χ1v) is 38.9. The third kappa shape index (κ3) is 13.5. The fourth-order valence-corrected chi connectivity index (χ4v) is 16.5. The van der Waals surface area contributed by atoms with E-state index < -0.39 is 0 Å². The van der Waals surface area contributed by atoms with Crippen LogP contribution in [0.5, 0.6) is 0 Å². The van der Waals surface area contributed by atoms with Crippen LogP contribution in [-0.2, 0) is 0 Å². The molecule has 112 heavy (non-hydrogen) atoms. The predicted molar refractivity (Wildman–Crippen MR) is 480 cm³/mol. The molecule has 0 aromatic heterocycles. The van der Waals surface area contributed by atoms with E-state index in [1.54, 1.807) is 0 Å². The molecule has 538 valence electrons. The molecule has 0 N–H and O–H groups in total. The van der Waals surface area contributed by atoms with Crippen LogP contribution in [-0.4, -0.2) is 0 Å². The van der Waals surface area contributed by atoms with Crippen LogP contribution in [0.15, 0.2) is 376 Å². The molecule has 0 aliphatic heterocycles. The van der Waals surface area contributed by atoms with Gasteiger partial charge in [0.15, 0.2) is 0 Å². The fraction of sp³-hybridized carbons (Fsp3) is 0.0741. The van der Waals surface area contributed by atoms with Gasteiger partial charge in [-0.15, -0.1) is 0 Å². The molecule has 4 nitrogen and oxygen atoms in total. The first-order valence-electron chi connectivity index (χ1n) is 38.9. The normalized spacial score (nSPS) is 11.4. The lowest BCUT2D eigenvalue weighted by Crippen LogP contribution is -2.13. The summed E-state index contributed by atoms with van der Waals surface area (Å²) in [5.41, 5.74) is 34.3. The third-order valence-electron chi connectivity index (χ3n) is 22.3. The van der Waals surface area contributed by atoms with Gasteiger partial charge in [-0.1, -0.05) is 287 Å². The zero-order chi connectivity index (χ0) is 76.1. The van der Waals surface area contributed by atoms with Crippen molar-refractivity contribution < 1.29 is 0 Å². The molecule has 0 aliphatic carbocycles. The number of aryl methyl sites for hydroxylation is 8. The van der Waals surface area contributed by atoms with E-state index in [0.717, 1.165) is 102 Å². The number of hydrogen-bond donors (Lipinski definition) is 0. The Morgan fingerprint density at radius 3 is 0.446 bits per heavy atom. The lowest BCUT2D eigenvalue weighted by Gasteiger charge is -2.30. The zero-order valence-electron chi connectivity index (χ0n) is 64.6. The monoisotopic (exact) mass is 1440 g/mol. The van der Waals surface area contributed by atoms with E-state index in [1.165, 1.54) is 110 Å². The van der Waals surface area contributed by atoms with Gasteiger partial charge < -0.3 is 19.6 Å². The molecule has 0 amide bonds. The highest BCUT2D eigenvalue weighted by atomic mass is 15.2. The minimum atomic E-state index is 1.06. The van der Waals surface area contributed by atoms with Gasteiger partial charge in [-0.25, -0.2) is 0 Å². The predicted octanol–water partition coefficient (Wildman–Crippen LogP) is 31.0. The van der Waals surface area contributed by atoms with Gasteiger partial charge in [-0.05, 0) is 288 Å². The van der Waals surface area contributed by atoms with E-state index in [9.17, 15) is 0 Å². The maximum atomic E-state index is 2.40. The second-order valence-corrected chi connectivity index (χ2v) is 30.3. The summed E-state index contributed by atoms with van der Waals surface area (Å²) in [6.45, 7) is 17.2. The Kier molecular flexibility index (Phi) is 18.5. The first-order chi connectivity index (χ1) is 54.8. The van der Waals surface area contributed by atoms with Gasteiger partial charge >= 0.3 is 0 Å². The summed E-state index contributed by atoms with van der Waals surface area (Å²) in [6, 6.07) is 141. The second-order valence-electron chi connectivity index (χ2n) is 30.3. The maximum absolute atomic E-state index is 2.40. The second kappa shape index (κ2) is 29.6. The Balaban J connectivity index is 0.770. The molecule has 0 spiro atoms. The topological polar surface area (TPSA) is 13.0 Å². The van der Waals surface area contributed by atoms with Gasteiger partial charge in [0.05, 0.1) is 0 Å². The molecule has 18 aromatic carbocycles. The standard InChI is InChI=1S/C108H86N4/c1-71-25-49-85(50-26-71)109(86-51-27-72(2)28-52-86)93-65-83(66-94(69-93)110(87-53-29-73(3)30-54-87)88-55-31-74(4)32-56-88)79-41-45-81(46-42-79)105-97-17-9-13-21-101(97)107(102-22-14-10-18-98(102)105)108-103-23-15-11-19-99(103)106(100-20-12-16-24-104(100)108)82-47-43-80(44-48-82)84-67-95(111(89-57-33-75(5)34-58-89)90-59-35-76(6)36-60-90)70-96(68-84)112(91-61-37-77(7)38-62-91)92-63-39-78(8)40-64-92/h9-70H,1-8H3. The molecular formula is C108H86N4. The van der Waals surface area contributed by atoms with E-state index in [2.05, 4.69) is 451 Å². The van der Waals surface area contributed by atoms with Crippen molar-refractivity contribution in [1.82, 2.24) is 0 Å². The average molecular weight is 1440 g/mol. The quantitative estimate of drug-likeness (QED) is 0.0843. The van der Waals surface area contributed by atoms with E-state index in [1.807, 2.05) is 0 Å². The molecule has 4 heteroatoms. The van der Waals surface area contributed by atoms with Crippen LogP contribution in [0.25, 0.3) is 98.7 Å². The number of fused-ring (bicyclic) bond motifs is 4.